The molecule has 0 heterocycles. The molecule has 0 amide bonds. The average molecular weight is 252 g/mol. The third kappa shape index (κ3) is 3.13. The number of benzene rings is 1. The molecule has 0 aliphatic rings. The summed E-state index contributed by atoms with van der Waals surface area (Å²) < 4.78 is 59.9. The molecule has 0 fully saturated rings. The minimum Gasteiger partial charge on any atom is -0.497 e. The molecule has 0 saturated carbocycles. The summed E-state index contributed by atoms with van der Waals surface area (Å²) in [6, 6.07) is 3.35. The van der Waals surface area contributed by atoms with Gasteiger partial charge in [0.2, 0.25) is 0 Å². The molecule has 0 saturated heterocycles. The predicted molar refractivity (Wildman–Crippen MR) is 52.5 cm³/mol. The molecule has 0 aromatic heterocycles. The number of alkyl halides is 3. The van der Waals surface area contributed by atoms with E-state index in [1.54, 1.807) is 0 Å². The Morgan fingerprint density at radius 3 is 2.50 bits per heavy atom. The lowest BCUT2D eigenvalue weighted by Crippen LogP contribution is -2.09. The summed E-state index contributed by atoms with van der Waals surface area (Å²) in [5.74, 6) is -0.370. The molecular weight excluding hydrogens is 243 g/mol. The van der Waals surface area contributed by atoms with E-state index in [4.69, 9.17) is 4.78 Å². The molecule has 1 N–H and O–H groups in total. The van der Waals surface area contributed by atoms with Gasteiger partial charge in [0.15, 0.2) is 0 Å². The second-order valence-corrected chi connectivity index (χ2v) is 3.99. The fraction of sp³-hybridized carbons (Fsp3) is 0.333. The Hall–Kier alpha value is -1.24. The molecule has 0 unspecified atom stereocenters. The highest BCUT2D eigenvalue weighted by molar-refractivity contribution is 7.72. The van der Waals surface area contributed by atoms with Crippen molar-refractivity contribution in [2.24, 2.45) is 0 Å². The molecule has 1 aromatic carbocycles. The van der Waals surface area contributed by atoms with Crippen molar-refractivity contribution in [2.45, 2.75) is 11.9 Å². The standard InChI is InChI=1S/C9H9F3NO2S/c1-15-7-3-2-6(5-16(13)14)8(4-7)9(10,11)12/h2-4,13H,5H2,1H3/q-1. The first-order chi connectivity index (χ1) is 7.34. The van der Waals surface area contributed by atoms with E-state index in [2.05, 4.69) is 4.74 Å². The Bertz CT molecular complexity index is 447. The van der Waals surface area contributed by atoms with Crippen molar-refractivity contribution < 1.29 is 22.1 Å². The quantitative estimate of drug-likeness (QED) is 0.841. The number of methoxy groups -OCH3 is 1. The predicted octanol–water partition coefficient (Wildman–Crippen LogP) is 2.94. The van der Waals surface area contributed by atoms with Gasteiger partial charge >= 0.3 is 6.18 Å². The first-order valence-corrected chi connectivity index (χ1v) is 5.50. The minimum atomic E-state index is -4.54. The van der Waals surface area contributed by atoms with Gasteiger partial charge in [-0.15, -0.1) is 0 Å². The molecule has 0 radical (unpaired) electrons. The maximum absolute atomic E-state index is 12.6. The van der Waals surface area contributed by atoms with Crippen molar-refractivity contribution in [3.63, 3.8) is 0 Å². The summed E-state index contributed by atoms with van der Waals surface area (Å²) in [4.78, 5) is 0. The number of nitrogens with one attached hydrogen (secondary N) is 1. The van der Waals surface area contributed by atoms with Crippen molar-refractivity contribution in [3.05, 3.63) is 29.3 Å². The van der Waals surface area contributed by atoms with Gasteiger partial charge in [0.05, 0.1) is 12.7 Å². The van der Waals surface area contributed by atoms with Gasteiger partial charge in [-0.3, -0.25) is 0 Å². The van der Waals surface area contributed by atoms with Crippen LogP contribution in [-0.2, 0) is 26.7 Å². The summed E-state index contributed by atoms with van der Waals surface area (Å²) in [5.41, 5.74) is -1.07. The van der Waals surface area contributed by atoms with Crippen LogP contribution in [0, 0.1) is 4.78 Å². The van der Waals surface area contributed by atoms with Crippen molar-refractivity contribution in [1.29, 1.82) is 4.78 Å². The summed E-state index contributed by atoms with van der Waals surface area (Å²) in [6.07, 6.45) is -4.54. The number of hydrogen-bond donors (Lipinski definition) is 1. The lowest BCUT2D eigenvalue weighted by molar-refractivity contribution is -0.138. The number of hydrogen-bond acceptors (Lipinski definition) is 4. The van der Waals surface area contributed by atoms with Crippen LogP contribution in [0.15, 0.2) is 18.2 Å². The summed E-state index contributed by atoms with van der Waals surface area (Å²) in [5, 5.41) is 0. The fourth-order valence-electron chi connectivity index (χ4n) is 1.21. The lowest BCUT2D eigenvalue weighted by Gasteiger charge is -2.14. The molecule has 0 atom stereocenters. The Balaban J connectivity index is 3.27. The Morgan fingerprint density at radius 1 is 1.44 bits per heavy atom. The monoisotopic (exact) mass is 252 g/mol. The van der Waals surface area contributed by atoms with E-state index in [1.165, 1.54) is 19.2 Å². The smallest absolute Gasteiger partial charge is 0.416 e. The average Bonchev–Trinajstić information content (AvgIpc) is 2.15. The third-order valence-electron chi connectivity index (χ3n) is 1.91. The van der Waals surface area contributed by atoms with Crippen LogP contribution in [0.25, 0.3) is 0 Å². The van der Waals surface area contributed by atoms with Gasteiger partial charge in [-0.05, 0) is 12.1 Å². The lowest BCUT2D eigenvalue weighted by atomic mass is 10.1. The molecule has 3 nitrogen and oxygen atoms in total. The van der Waals surface area contributed by atoms with E-state index < -0.39 is 28.1 Å². The van der Waals surface area contributed by atoms with Crippen LogP contribution in [0.5, 0.6) is 5.75 Å². The van der Waals surface area contributed by atoms with Crippen LogP contribution in [-0.4, -0.2) is 7.11 Å². The summed E-state index contributed by atoms with van der Waals surface area (Å²) in [7, 11) is -0.799. The maximum Gasteiger partial charge on any atom is 0.416 e. The summed E-state index contributed by atoms with van der Waals surface area (Å²) >= 11 is 0. The minimum absolute atomic E-state index is 0.0758. The van der Waals surface area contributed by atoms with E-state index in [0.29, 0.717) is 0 Å². The highest BCUT2D eigenvalue weighted by Crippen LogP contribution is 2.34. The van der Waals surface area contributed by atoms with Crippen LogP contribution >= 0.6 is 0 Å². The Morgan fingerprint density at radius 2 is 2.06 bits per heavy atom. The molecule has 0 aliphatic heterocycles. The van der Waals surface area contributed by atoms with Crippen molar-refractivity contribution >= 4 is 10.6 Å². The zero-order chi connectivity index (χ0) is 12.3. The van der Waals surface area contributed by atoms with E-state index in [9.17, 15) is 17.4 Å². The molecule has 0 bridgehead atoms. The molecule has 0 aliphatic carbocycles. The molecule has 16 heavy (non-hydrogen) atoms. The first-order valence-electron chi connectivity index (χ1n) is 4.18. The molecule has 1 aromatic rings. The van der Waals surface area contributed by atoms with Crippen LogP contribution in [0.1, 0.15) is 11.1 Å². The van der Waals surface area contributed by atoms with E-state index in [-0.39, 0.29) is 11.3 Å². The van der Waals surface area contributed by atoms with Crippen molar-refractivity contribution in [1.82, 2.24) is 0 Å². The van der Waals surface area contributed by atoms with E-state index in [0.717, 1.165) is 6.07 Å². The number of rotatable bonds is 3. The van der Waals surface area contributed by atoms with Gasteiger partial charge in [-0.2, -0.15) is 23.8 Å². The number of halogens is 3. The SMILES string of the molecule is COc1ccc(C[S-](=N)=O)c(C(F)(F)F)c1. The van der Waals surface area contributed by atoms with Gasteiger partial charge in [0.25, 0.3) is 0 Å². The van der Waals surface area contributed by atoms with Crippen molar-refractivity contribution in [3.8, 4) is 5.75 Å². The number of ether oxygens (including phenoxy) is 1. The Kier molecular flexibility index (Phi) is 3.79. The van der Waals surface area contributed by atoms with E-state index in [1.807, 2.05) is 0 Å². The highest BCUT2D eigenvalue weighted by atomic mass is 32.2. The molecule has 7 heteroatoms. The topological polar surface area (TPSA) is 50.1 Å². The Labute approximate surface area is 92.2 Å². The fourth-order valence-corrected chi connectivity index (χ4v) is 1.75. The largest absolute Gasteiger partial charge is 0.497 e. The second kappa shape index (κ2) is 4.73. The second-order valence-electron chi connectivity index (χ2n) is 3.01. The van der Waals surface area contributed by atoms with E-state index >= 15 is 0 Å². The van der Waals surface area contributed by atoms with Crippen LogP contribution < -0.4 is 4.74 Å². The highest BCUT2D eigenvalue weighted by Gasteiger charge is 2.33. The van der Waals surface area contributed by atoms with Crippen LogP contribution in [0.4, 0.5) is 13.2 Å². The molecular formula is C9H9F3NO2S-. The molecule has 1 rings (SSSR count). The van der Waals surface area contributed by atoms with Gasteiger partial charge in [-0.25, -0.2) is 0 Å². The maximum atomic E-state index is 12.6. The summed E-state index contributed by atoms with van der Waals surface area (Å²) in [6.45, 7) is 0. The van der Waals surface area contributed by atoms with Crippen LogP contribution in [0.2, 0.25) is 0 Å². The third-order valence-corrected chi connectivity index (χ3v) is 2.48. The zero-order valence-corrected chi connectivity index (χ0v) is 9.11. The van der Waals surface area contributed by atoms with Crippen molar-refractivity contribution in [2.75, 3.05) is 7.11 Å². The van der Waals surface area contributed by atoms with Crippen LogP contribution in [0.3, 0.4) is 0 Å². The van der Waals surface area contributed by atoms with Gasteiger partial charge in [-0.1, -0.05) is 17.4 Å². The van der Waals surface area contributed by atoms with Gasteiger partial charge in [0.1, 0.15) is 5.75 Å². The van der Waals surface area contributed by atoms with Gasteiger partial charge in [0, 0.05) is 0 Å². The molecule has 90 valence electrons. The molecule has 0 spiro atoms. The van der Waals surface area contributed by atoms with Gasteiger partial charge < -0.3 is 13.7 Å². The first kappa shape index (κ1) is 12.8. The normalized spacial score (nSPS) is 11.8. The zero-order valence-electron chi connectivity index (χ0n) is 8.30.